The summed E-state index contributed by atoms with van der Waals surface area (Å²) in [6.45, 7) is 3.36. The number of hydrogen-bond acceptors (Lipinski definition) is 4. The highest BCUT2D eigenvalue weighted by Crippen LogP contribution is 2.18. The molecule has 0 atom stereocenters. The second-order valence-electron chi connectivity index (χ2n) is 6.52. The largest absolute Gasteiger partial charge is 0.322 e. The van der Waals surface area contributed by atoms with Crippen molar-refractivity contribution < 1.29 is 17.6 Å². The first-order valence-electron chi connectivity index (χ1n) is 8.70. The van der Waals surface area contributed by atoms with Crippen LogP contribution < -0.4 is 5.32 Å². The van der Waals surface area contributed by atoms with E-state index in [0.29, 0.717) is 26.2 Å². The zero-order valence-corrected chi connectivity index (χ0v) is 15.9. The van der Waals surface area contributed by atoms with E-state index in [1.807, 2.05) is 4.90 Å². The summed E-state index contributed by atoms with van der Waals surface area (Å²) in [6.07, 6.45) is 0. The predicted octanol–water partition coefficient (Wildman–Crippen LogP) is 2.08. The lowest BCUT2D eigenvalue weighted by molar-refractivity contribution is -0.117. The summed E-state index contributed by atoms with van der Waals surface area (Å²) in [6, 6.07) is 12.9. The molecule has 0 saturated carbocycles. The maximum absolute atomic E-state index is 13.8. The molecule has 2 aromatic carbocycles. The first-order valence-corrected chi connectivity index (χ1v) is 10.1. The molecule has 2 aromatic rings. The molecule has 1 fully saturated rings. The smallest absolute Gasteiger partial charge is 0.243 e. The summed E-state index contributed by atoms with van der Waals surface area (Å²) in [4.78, 5) is 14.3. The predicted molar refractivity (Wildman–Crippen MR) is 101 cm³/mol. The van der Waals surface area contributed by atoms with Gasteiger partial charge in [-0.25, -0.2) is 12.8 Å². The first kappa shape index (κ1) is 19.5. The number of anilines is 1. The van der Waals surface area contributed by atoms with Crippen LogP contribution in [0.15, 0.2) is 53.4 Å². The van der Waals surface area contributed by atoms with Crippen molar-refractivity contribution in [2.45, 2.75) is 11.8 Å². The molecule has 0 unspecified atom stereocenters. The highest BCUT2D eigenvalue weighted by atomic mass is 32.2. The van der Waals surface area contributed by atoms with Gasteiger partial charge in [0.25, 0.3) is 0 Å². The molecule has 1 N–H and O–H groups in total. The van der Waals surface area contributed by atoms with Gasteiger partial charge in [-0.2, -0.15) is 4.31 Å². The minimum atomic E-state index is -3.52. The second-order valence-corrected chi connectivity index (χ2v) is 8.46. The van der Waals surface area contributed by atoms with Crippen LogP contribution in [0.1, 0.15) is 5.56 Å². The van der Waals surface area contributed by atoms with Gasteiger partial charge >= 0.3 is 0 Å². The van der Waals surface area contributed by atoms with Crippen LogP contribution >= 0.6 is 0 Å². The second kappa shape index (κ2) is 8.16. The van der Waals surface area contributed by atoms with E-state index in [1.54, 1.807) is 43.3 Å². The van der Waals surface area contributed by atoms with E-state index in [-0.39, 0.29) is 23.0 Å². The van der Waals surface area contributed by atoms with Crippen LogP contribution in [0, 0.1) is 12.7 Å². The number of carbonyl (C=O) groups excluding carboxylic acids is 1. The highest BCUT2D eigenvalue weighted by molar-refractivity contribution is 7.89. The summed E-state index contributed by atoms with van der Waals surface area (Å²) in [7, 11) is -3.52. The molecule has 0 aliphatic carbocycles. The average Bonchev–Trinajstić information content (AvgIpc) is 2.65. The van der Waals surface area contributed by atoms with Gasteiger partial charge in [-0.3, -0.25) is 9.69 Å². The molecule has 0 radical (unpaired) electrons. The number of rotatable bonds is 5. The van der Waals surface area contributed by atoms with E-state index >= 15 is 0 Å². The molecule has 0 spiro atoms. The molecule has 0 bridgehead atoms. The quantitative estimate of drug-likeness (QED) is 0.847. The van der Waals surface area contributed by atoms with E-state index in [4.69, 9.17) is 0 Å². The van der Waals surface area contributed by atoms with Gasteiger partial charge in [0.15, 0.2) is 0 Å². The zero-order chi connectivity index (χ0) is 19.4. The van der Waals surface area contributed by atoms with Gasteiger partial charge in [-0.1, -0.05) is 24.3 Å². The van der Waals surface area contributed by atoms with Gasteiger partial charge in [-0.15, -0.1) is 0 Å². The number of carbonyl (C=O) groups is 1. The van der Waals surface area contributed by atoms with E-state index < -0.39 is 15.8 Å². The highest BCUT2D eigenvalue weighted by Gasteiger charge is 2.28. The Morgan fingerprint density at radius 1 is 1.07 bits per heavy atom. The topological polar surface area (TPSA) is 69.7 Å². The van der Waals surface area contributed by atoms with Gasteiger partial charge in [0.2, 0.25) is 15.9 Å². The van der Waals surface area contributed by atoms with Crippen LogP contribution in [-0.4, -0.2) is 56.3 Å². The first-order chi connectivity index (χ1) is 12.9. The van der Waals surface area contributed by atoms with Crippen molar-refractivity contribution in [1.82, 2.24) is 9.21 Å². The number of benzene rings is 2. The van der Waals surface area contributed by atoms with Gasteiger partial charge in [0.1, 0.15) is 5.82 Å². The Hall–Kier alpha value is -2.29. The normalized spacial score (nSPS) is 16.2. The van der Waals surface area contributed by atoms with Gasteiger partial charge in [-0.05, 0) is 36.8 Å². The number of amides is 1. The molecule has 1 aliphatic rings. The van der Waals surface area contributed by atoms with Crippen molar-refractivity contribution in [3.63, 3.8) is 0 Å². The molecule has 1 aliphatic heterocycles. The number of sulfonamides is 1. The number of nitrogens with zero attached hydrogens (tertiary/aromatic N) is 2. The maximum atomic E-state index is 13.8. The number of piperazine rings is 1. The van der Waals surface area contributed by atoms with Gasteiger partial charge in [0, 0.05) is 26.2 Å². The fourth-order valence-electron chi connectivity index (χ4n) is 2.98. The Labute approximate surface area is 158 Å². The van der Waals surface area contributed by atoms with Crippen molar-refractivity contribution in [3.8, 4) is 0 Å². The zero-order valence-electron chi connectivity index (χ0n) is 15.1. The third-order valence-corrected chi connectivity index (χ3v) is 6.39. The summed E-state index contributed by atoms with van der Waals surface area (Å²) >= 11 is 0. The van der Waals surface area contributed by atoms with Crippen molar-refractivity contribution in [3.05, 3.63) is 59.9 Å². The summed E-state index contributed by atoms with van der Waals surface area (Å²) in [5.74, 6) is -0.792. The third-order valence-electron chi connectivity index (χ3n) is 4.48. The van der Waals surface area contributed by atoms with Crippen LogP contribution in [0.5, 0.6) is 0 Å². The standard InChI is InChI=1S/C19H22FN3O3S/c1-15-7-8-18(17(20)13-15)21-19(24)14-22-9-11-23(12-10-22)27(25,26)16-5-3-2-4-6-16/h2-8,13H,9-12,14H2,1H3,(H,21,24). The molecule has 1 amide bonds. The van der Waals surface area contributed by atoms with Crippen molar-refractivity contribution in [1.29, 1.82) is 0 Å². The monoisotopic (exact) mass is 391 g/mol. The number of halogens is 1. The molecule has 1 heterocycles. The molecule has 0 aromatic heterocycles. The molecule has 144 valence electrons. The summed E-state index contributed by atoms with van der Waals surface area (Å²) in [5.41, 5.74) is 0.928. The van der Waals surface area contributed by atoms with Crippen LogP contribution in [0.3, 0.4) is 0 Å². The number of hydrogen-bond donors (Lipinski definition) is 1. The van der Waals surface area contributed by atoms with Crippen LogP contribution in [0.25, 0.3) is 0 Å². The van der Waals surface area contributed by atoms with E-state index in [1.165, 1.54) is 16.4 Å². The summed E-state index contributed by atoms with van der Waals surface area (Å²) < 4.78 is 40.5. The number of nitrogens with one attached hydrogen (secondary N) is 1. The van der Waals surface area contributed by atoms with Gasteiger partial charge < -0.3 is 5.32 Å². The minimum Gasteiger partial charge on any atom is -0.322 e. The third kappa shape index (κ3) is 4.71. The maximum Gasteiger partial charge on any atom is 0.243 e. The molecule has 1 saturated heterocycles. The van der Waals surface area contributed by atoms with Gasteiger partial charge in [0.05, 0.1) is 17.1 Å². The Morgan fingerprint density at radius 2 is 1.74 bits per heavy atom. The Balaban J connectivity index is 1.54. The van der Waals surface area contributed by atoms with Crippen molar-refractivity contribution in [2.24, 2.45) is 0 Å². The molecule has 8 heteroatoms. The van der Waals surface area contributed by atoms with Crippen LogP contribution in [-0.2, 0) is 14.8 Å². The summed E-state index contributed by atoms with van der Waals surface area (Å²) in [5, 5.41) is 2.56. The van der Waals surface area contributed by atoms with Crippen molar-refractivity contribution >= 4 is 21.6 Å². The molecule has 3 rings (SSSR count). The fraction of sp³-hybridized carbons (Fsp3) is 0.316. The minimum absolute atomic E-state index is 0.0898. The molecule has 6 nitrogen and oxygen atoms in total. The average molecular weight is 391 g/mol. The number of aryl methyl sites for hydroxylation is 1. The van der Waals surface area contributed by atoms with Crippen LogP contribution in [0.2, 0.25) is 0 Å². The lowest BCUT2D eigenvalue weighted by Crippen LogP contribution is -2.50. The van der Waals surface area contributed by atoms with Crippen molar-refractivity contribution in [2.75, 3.05) is 38.0 Å². The lowest BCUT2D eigenvalue weighted by Gasteiger charge is -2.33. The SMILES string of the molecule is Cc1ccc(NC(=O)CN2CCN(S(=O)(=O)c3ccccc3)CC2)c(F)c1. The van der Waals surface area contributed by atoms with E-state index in [9.17, 15) is 17.6 Å². The Morgan fingerprint density at radius 3 is 2.37 bits per heavy atom. The molecule has 27 heavy (non-hydrogen) atoms. The lowest BCUT2D eigenvalue weighted by atomic mass is 10.2. The molecular weight excluding hydrogens is 369 g/mol. The van der Waals surface area contributed by atoms with E-state index in [0.717, 1.165) is 5.56 Å². The Kier molecular flexibility index (Phi) is 5.88. The van der Waals surface area contributed by atoms with Crippen LogP contribution in [0.4, 0.5) is 10.1 Å². The Bertz CT molecular complexity index is 911. The molecular formula is C19H22FN3O3S. The fourth-order valence-corrected chi connectivity index (χ4v) is 4.43. The van der Waals surface area contributed by atoms with E-state index in [2.05, 4.69) is 5.32 Å².